The minimum atomic E-state index is -4.91. The molecule has 37 heavy (non-hydrogen) atoms. The molecule has 9 heteroatoms. The van der Waals surface area contributed by atoms with Crippen LogP contribution in [0.4, 0.5) is 32.0 Å². The third-order valence-corrected chi connectivity index (χ3v) is 10.2. The first-order valence-corrected chi connectivity index (χ1v) is 13.0. The molecular weight excluding hydrogens is 496 g/mol. The number of anilines is 1. The molecule has 0 heterocycles. The molecule has 5 rings (SSSR count). The van der Waals surface area contributed by atoms with Crippen molar-refractivity contribution in [2.75, 3.05) is 5.32 Å². The molecule has 1 amide bonds. The summed E-state index contributed by atoms with van der Waals surface area (Å²) >= 11 is 0. The van der Waals surface area contributed by atoms with Gasteiger partial charge in [0.15, 0.2) is 5.78 Å². The molecule has 1 unspecified atom stereocenters. The van der Waals surface area contributed by atoms with Crippen molar-refractivity contribution in [1.29, 1.82) is 0 Å². The summed E-state index contributed by atoms with van der Waals surface area (Å²) in [5.74, 6) is -0.0866. The van der Waals surface area contributed by atoms with E-state index < -0.39 is 46.4 Å². The number of carbonyl (C=O) groups excluding carboxylic acids is 2. The number of ketones is 1. The van der Waals surface area contributed by atoms with Crippen molar-refractivity contribution in [3.8, 4) is 0 Å². The smallest absolute Gasteiger partial charge is 0.325 e. The summed E-state index contributed by atoms with van der Waals surface area (Å²) in [4.78, 5) is 25.4. The summed E-state index contributed by atoms with van der Waals surface area (Å²) in [5, 5.41) is 2.25. The van der Waals surface area contributed by atoms with Crippen LogP contribution in [0.2, 0.25) is 0 Å². The molecule has 1 N–H and O–H groups in total. The van der Waals surface area contributed by atoms with Crippen LogP contribution in [0, 0.1) is 34.5 Å². The summed E-state index contributed by atoms with van der Waals surface area (Å²) in [6.07, 6.45) is -1.96. The number of benzene rings is 1. The second-order valence-electron chi connectivity index (χ2n) is 11.9. The molecule has 0 spiro atoms. The molecule has 3 saturated carbocycles. The van der Waals surface area contributed by atoms with E-state index in [0.717, 1.165) is 38.5 Å². The van der Waals surface area contributed by atoms with Gasteiger partial charge in [-0.2, -0.15) is 26.3 Å². The highest BCUT2D eigenvalue weighted by Gasteiger charge is 2.60. The van der Waals surface area contributed by atoms with Crippen LogP contribution >= 0.6 is 0 Å². The lowest BCUT2D eigenvalue weighted by Gasteiger charge is -2.58. The Hall–Kier alpha value is -2.32. The first kappa shape index (κ1) is 26.3. The highest BCUT2D eigenvalue weighted by atomic mass is 19.4. The van der Waals surface area contributed by atoms with E-state index in [9.17, 15) is 35.9 Å². The Kier molecular flexibility index (Phi) is 6.11. The Morgan fingerprint density at radius 3 is 2.32 bits per heavy atom. The normalized spacial score (nSPS) is 35.8. The maximum atomic E-state index is 13.6. The largest absolute Gasteiger partial charge is 0.418 e. The summed E-state index contributed by atoms with van der Waals surface area (Å²) in [7, 11) is 0. The molecule has 6 atom stereocenters. The Balaban J connectivity index is 1.40. The van der Waals surface area contributed by atoms with Gasteiger partial charge in [0.2, 0.25) is 5.91 Å². The molecule has 4 aliphatic rings. The third kappa shape index (κ3) is 4.30. The number of hydrogen-bond donors (Lipinski definition) is 1. The fourth-order valence-corrected chi connectivity index (χ4v) is 8.28. The molecule has 1 aromatic carbocycles. The van der Waals surface area contributed by atoms with Gasteiger partial charge in [-0.3, -0.25) is 9.59 Å². The van der Waals surface area contributed by atoms with E-state index in [0.29, 0.717) is 42.9 Å². The maximum absolute atomic E-state index is 13.6. The molecule has 4 aliphatic carbocycles. The van der Waals surface area contributed by atoms with E-state index in [1.807, 2.05) is 13.0 Å². The van der Waals surface area contributed by atoms with Gasteiger partial charge in [-0.25, -0.2) is 0 Å². The molecule has 0 saturated heterocycles. The van der Waals surface area contributed by atoms with E-state index in [4.69, 9.17) is 0 Å². The molecule has 0 bridgehead atoms. The van der Waals surface area contributed by atoms with Crippen molar-refractivity contribution >= 4 is 17.4 Å². The van der Waals surface area contributed by atoms with Crippen LogP contribution in [-0.4, -0.2) is 11.7 Å². The van der Waals surface area contributed by atoms with E-state index >= 15 is 0 Å². The molecular formula is C28H31F6NO2. The number of nitrogens with one attached hydrogen (secondary N) is 1. The molecule has 202 valence electrons. The van der Waals surface area contributed by atoms with Crippen LogP contribution in [0.3, 0.4) is 0 Å². The standard InChI is InChI=1S/C28H31F6NO2/c1-25-11-9-17(36)13-15(25)3-5-18-19-7-8-22(26(19,2)12-10-20(18)25)24(37)35-23-14-16(27(29,30)31)4-6-21(23)28(32,33)34/h4,6,13-14,18-20,22H,3,5,7-12H2,1-2H3,(H,35,37)/t18-,19-,20+,22?,25-,26-/m0/s1. The summed E-state index contributed by atoms with van der Waals surface area (Å²) in [5.41, 5.74) is -2.63. The van der Waals surface area contributed by atoms with Crippen LogP contribution in [-0.2, 0) is 21.9 Å². The average molecular weight is 528 g/mol. The van der Waals surface area contributed by atoms with Crippen molar-refractivity contribution < 1.29 is 35.9 Å². The van der Waals surface area contributed by atoms with Gasteiger partial charge in [0.1, 0.15) is 0 Å². The first-order valence-electron chi connectivity index (χ1n) is 13.0. The second kappa shape index (κ2) is 8.60. The zero-order valence-electron chi connectivity index (χ0n) is 20.9. The Bertz CT molecular complexity index is 1150. The third-order valence-electron chi connectivity index (χ3n) is 10.2. The Labute approximate surface area is 212 Å². The van der Waals surface area contributed by atoms with Gasteiger partial charge in [0.25, 0.3) is 0 Å². The quantitative estimate of drug-likeness (QED) is 0.399. The van der Waals surface area contributed by atoms with E-state index in [1.54, 1.807) is 0 Å². The highest BCUT2D eigenvalue weighted by Crippen LogP contribution is 2.66. The van der Waals surface area contributed by atoms with Gasteiger partial charge in [0.05, 0.1) is 16.8 Å². The van der Waals surface area contributed by atoms with Gasteiger partial charge >= 0.3 is 12.4 Å². The van der Waals surface area contributed by atoms with Gasteiger partial charge < -0.3 is 5.32 Å². The lowest BCUT2D eigenvalue weighted by atomic mass is 9.47. The predicted octanol–water partition coefficient (Wildman–Crippen LogP) is 7.81. The number of carbonyl (C=O) groups is 2. The highest BCUT2D eigenvalue weighted by molar-refractivity contribution is 5.94. The van der Waals surface area contributed by atoms with Gasteiger partial charge in [-0.1, -0.05) is 19.4 Å². The molecule has 3 nitrogen and oxygen atoms in total. The Morgan fingerprint density at radius 1 is 0.919 bits per heavy atom. The van der Waals surface area contributed by atoms with Crippen molar-refractivity contribution in [2.45, 2.75) is 77.6 Å². The topological polar surface area (TPSA) is 46.2 Å². The zero-order valence-corrected chi connectivity index (χ0v) is 20.9. The molecule has 3 fully saturated rings. The number of amides is 1. The molecule has 0 radical (unpaired) electrons. The average Bonchev–Trinajstić information content (AvgIpc) is 3.15. The molecule has 0 aliphatic heterocycles. The minimum Gasteiger partial charge on any atom is -0.325 e. The lowest BCUT2D eigenvalue weighted by Crippen LogP contribution is -2.51. The molecule has 0 aromatic heterocycles. The van der Waals surface area contributed by atoms with Crippen molar-refractivity contribution in [3.63, 3.8) is 0 Å². The van der Waals surface area contributed by atoms with E-state index in [-0.39, 0.29) is 17.1 Å². The van der Waals surface area contributed by atoms with Crippen molar-refractivity contribution in [1.82, 2.24) is 0 Å². The minimum absolute atomic E-state index is 0.0435. The second-order valence-corrected chi connectivity index (χ2v) is 11.9. The summed E-state index contributed by atoms with van der Waals surface area (Å²) in [6, 6.07) is 1.15. The van der Waals surface area contributed by atoms with Crippen molar-refractivity contribution in [3.05, 3.63) is 41.0 Å². The fraction of sp³-hybridized carbons (Fsp3) is 0.643. The van der Waals surface area contributed by atoms with Gasteiger partial charge in [0, 0.05) is 12.3 Å². The van der Waals surface area contributed by atoms with Crippen LogP contribution < -0.4 is 5.32 Å². The van der Waals surface area contributed by atoms with E-state index in [2.05, 4.69) is 12.2 Å². The zero-order chi connectivity index (χ0) is 27.0. The monoisotopic (exact) mass is 527 g/mol. The summed E-state index contributed by atoms with van der Waals surface area (Å²) in [6.45, 7) is 4.27. The number of rotatable bonds is 2. The van der Waals surface area contributed by atoms with Crippen molar-refractivity contribution in [2.24, 2.45) is 34.5 Å². The number of alkyl halides is 6. The Morgan fingerprint density at radius 2 is 1.65 bits per heavy atom. The maximum Gasteiger partial charge on any atom is 0.418 e. The van der Waals surface area contributed by atoms with Crippen LogP contribution in [0.1, 0.15) is 76.3 Å². The first-order chi connectivity index (χ1) is 17.1. The number of hydrogen-bond acceptors (Lipinski definition) is 2. The van der Waals surface area contributed by atoms with Gasteiger partial charge in [-0.15, -0.1) is 0 Å². The predicted molar refractivity (Wildman–Crippen MR) is 125 cm³/mol. The van der Waals surface area contributed by atoms with Crippen LogP contribution in [0.25, 0.3) is 0 Å². The lowest BCUT2D eigenvalue weighted by molar-refractivity contribution is -0.141. The number of halogens is 6. The van der Waals surface area contributed by atoms with Gasteiger partial charge in [-0.05, 0) is 97.8 Å². The number of fused-ring (bicyclic) bond motifs is 5. The van der Waals surface area contributed by atoms with Crippen LogP contribution in [0.5, 0.6) is 0 Å². The van der Waals surface area contributed by atoms with Crippen LogP contribution in [0.15, 0.2) is 29.8 Å². The molecule has 1 aromatic rings. The van der Waals surface area contributed by atoms with E-state index in [1.165, 1.54) is 5.57 Å². The number of allylic oxidation sites excluding steroid dienone is 1. The fourth-order valence-electron chi connectivity index (χ4n) is 8.28. The summed E-state index contributed by atoms with van der Waals surface area (Å²) < 4.78 is 80.4. The SMILES string of the molecule is C[C@]12CCC(=O)C=C1CC[C@@H]1[C@H]2CC[C@]2(C)C(C(=O)Nc3cc(C(F)(F)F)ccc3C(F)(F)F)CC[C@@H]12.